The van der Waals surface area contributed by atoms with Crippen LogP contribution >= 0.6 is 22.9 Å². The van der Waals surface area contributed by atoms with Crippen LogP contribution in [0, 0.1) is 0 Å². The highest BCUT2D eigenvalue weighted by atomic mass is 35.5. The quantitative estimate of drug-likeness (QED) is 0.390. The molecule has 178 valence electrons. The number of nitrogen functional groups attached to an aromatic ring is 1. The van der Waals surface area contributed by atoms with Gasteiger partial charge in [-0.3, -0.25) is 14.4 Å². The Hall–Kier alpha value is -3.11. The van der Waals surface area contributed by atoms with Crippen molar-refractivity contribution >= 4 is 57.3 Å². The van der Waals surface area contributed by atoms with Gasteiger partial charge in [-0.25, -0.2) is 14.4 Å². The number of fused-ring (bicyclic) bond motifs is 1. The first kappa shape index (κ1) is 24.0. The number of hydrogen-bond donors (Lipinski definition) is 1. The molecule has 3 heterocycles. The summed E-state index contributed by atoms with van der Waals surface area (Å²) in [5.41, 5.74) is 7.40. The van der Waals surface area contributed by atoms with Gasteiger partial charge in [0.05, 0.1) is 14.7 Å². The molecule has 0 aliphatic carbocycles. The monoisotopic (exact) mass is 503 g/mol. The maximum atomic E-state index is 14.9. The summed E-state index contributed by atoms with van der Waals surface area (Å²) >= 11 is 6.74. The highest BCUT2D eigenvalue weighted by molar-refractivity contribution is 7.18. The van der Waals surface area contributed by atoms with Gasteiger partial charge in [0.15, 0.2) is 0 Å². The van der Waals surface area contributed by atoms with Crippen LogP contribution in [0.2, 0.25) is 4.34 Å². The molecule has 11 heteroatoms. The van der Waals surface area contributed by atoms with E-state index in [2.05, 4.69) is 9.97 Å². The summed E-state index contributed by atoms with van der Waals surface area (Å²) in [5.74, 6) is -1.83. The Morgan fingerprint density at radius 2 is 2.06 bits per heavy atom. The summed E-state index contributed by atoms with van der Waals surface area (Å²) in [6.07, 6.45) is -0.00783. The van der Waals surface area contributed by atoms with Crippen molar-refractivity contribution in [3.05, 3.63) is 51.4 Å². The first-order valence-corrected chi connectivity index (χ1v) is 12.0. The molecule has 1 aliphatic rings. The fourth-order valence-electron chi connectivity index (χ4n) is 4.08. The number of carbonyl (C=O) groups is 3. The molecule has 0 spiro atoms. The van der Waals surface area contributed by atoms with Crippen molar-refractivity contribution < 1.29 is 18.8 Å². The van der Waals surface area contributed by atoms with Crippen molar-refractivity contribution in [2.45, 2.75) is 38.5 Å². The fraction of sp³-hybridized carbons (Fsp3) is 0.348. The van der Waals surface area contributed by atoms with E-state index in [1.807, 2.05) is 25.1 Å². The zero-order valence-corrected chi connectivity index (χ0v) is 20.0. The topological polar surface area (TPSA) is 109 Å². The molecule has 0 bridgehead atoms. The maximum Gasteiger partial charge on any atom is 0.266 e. The lowest BCUT2D eigenvalue weighted by Crippen LogP contribution is -2.60. The number of rotatable bonds is 7. The molecule has 2 aromatic heterocycles. The SMILES string of the molecule is CCCC1C(=O)N(Cc2ccc3c(N)ncnc3c2)CCN1C(=O)C(F)C(=O)c1ccc(Cl)s1. The predicted molar refractivity (Wildman–Crippen MR) is 128 cm³/mol. The van der Waals surface area contributed by atoms with E-state index in [4.69, 9.17) is 17.3 Å². The lowest BCUT2D eigenvalue weighted by atomic mass is 10.0. The lowest BCUT2D eigenvalue weighted by Gasteiger charge is -2.41. The van der Waals surface area contributed by atoms with Gasteiger partial charge in [-0.15, -0.1) is 11.3 Å². The van der Waals surface area contributed by atoms with Crippen molar-refractivity contribution in [2.24, 2.45) is 0 Å². The second-order valence-corrected chi connectivity index (χ2v) is 9.75. The number of halogens is 2. The lowest BCUT2D eigenvalue weighted by molar-refractivity contribution is -0.154. The van der Waals surface area contributed by atoms with Crippen molar-refractivity contribution in [3.8, 4) is 0 Å². The minimum atomic E-state index is -2.38. The van der Waals surface area contributed by atoms with Gasteiger partial charge in [-0.05, 0) is 36.2 Å². The number of anilines is 1. The number of piperazine rings is 1. The Morgan fingerprint density at radius 3 is 2.76 bits per heavy atom. The molecular weight excluding hydrogens is 481 g/mol. The molecule has 0 radical (unpaired) electrons. The van der Waals surface area contributed by atoms with Crippen LogP contribution in [0.1, 0.15) is 35.0 Å². The third kappa shape index (κ3) is 4.74. The van der Waals surface area contributed by atoms with E-state index in [1.165, 1.54) is 23.4 Å². The highest BCUT2D eigenvalue weighted by Gasteiger charge is 2.41. The zero-order chi connectivity index (χ0) is 24.4. The molecule has 4 rings (SSSR count). The van der Waals surface area contributed by atoms with E-state index >= 15 is 0 Å². The third-order valence-electron chi connectivity index (χ3n) is 5.80. The van der Waals surface area contributed by atoms with E-state index in [-0.39, 0.29) is 23.9 Å². The van der Waals surface area contributed by atoms with Crippen LogP contribution in [-0.4, -0.2) is 62.7 Å². The van der Waals surface area contributed by atoms with Gasteiger partial charge in [0.2, 0.25) is 17.9 Å². The normalized spacial score (nSPS) is 17.3. The van der Waals surface area contributed by atoms with Gasteiger partial charge >= 0.3 is 0 Å². The van der Waals surface area contributed by atoms with E-state index < -0.39 is 23.9 Å². The van der Waals surface area contributed by atoms with Crippen LogP contribution in [0.3, 0.4) is 0 Å². The molecule has 0 saturated carbocycles. The Kier molecular flexibility index (Phi) is 7.08. The number of Topliss-reactive ketones (excluding diaryl/α,β-unsaturated/α-hetero) is 1. The number of amides is 2. The molecule has 1 aliphatic heterocycles. The largest absolute Gasteiger partial charge is 0.383 e. The minimum Gasteiger partial charge on any atom is -0.383 e. The van der Waals surface area contributed by atoms with Gasteiger partial charge in [0.1, 0.15) is 18.2 Å². The van der Waals surface area contributed by atoms with E-state index in [0.29, 0.717) is 35.1 Å². The molecule has 2 N–H and O–H groups in total. The summed E-state index contributed by atoms with van der Waals surface area (Å²) < 4.78 is 15.2. The number of alkyl halides is 1. The molecule has 34 heavy (non-hydrogen) atoms. The molecule has 2 unspecified atom stereocenters. The van der Waals surface area contributed by atoms with Crippen LogP contribution < -0.4 is 5.73 Å². The molecule has 2 amide bonds. The molecule has 3 aromatic rings. The Balaban J connectivity index is 1.50. The molecule has 1 aromatic carbocycles. The first-order valence-electron chi connectivity index (χ1n) is 10.8. The van der Waals surface area contributed by atoms with E-state index in [1.54, 1.807) is 4.90 Å². The molecule has 8 nitrogen and oxygen atoms in total. The van der Waals surface area contributed by atoms with Crippen molar-refractivity contribution in [1.29, 1.82) is 0 Å². The smallest absolute Gasteiger partial charge is 0.266 e. The standard InChI is InChI=1S/C23H23ClFN5O3S/c1-2-3-16-22(32)29(11-13-4-5-14-15(10-13)27-12-28-21(14)26)8-9-30(16)23(33)19(25)20(31)17-6-7-18(24)34-17/h4-7,10,12,16,19H,2-3,8-9,11H2,1H3,(H2,26,27,28). The van der Waals surface area contributed by atoms with Crippen LogP contribution in [-0.2, 0) is 16.1 Å². The van der Waals surface area contributed by atoms with Crippen LogP contribution in [0.15, 0.2) is 36.7 Å². The maximum absolute atomic E-state index is 14.9. The van der Waals surface area contributed by atoms with E-state index in [0.717, 1.165) is 22.3 Å². The Labute approximate surface area is 204 Å². The summed E-state index contributed by atoms with van der Waals surface area (Å²) in [5, 5.41) is 0.725. The number of nitrogens with two attached hydrogens (primary N) is 1. The number of carbonyl (C=O) groups excluding carboxylic acids is 3. The van der Waals surface area contributed by atoms with Gasteiger partial charge in [0.25, 0.3) is 5.91 Å². The molecule has 1 fully saturated rings. The van der Waals surface area contributed by atoms with Gasteiger partial charge in [0, 0.05) is 25.0 Å². The second kappa shape index (κ2) is 10.0. The molecule has 2 atom stereocenters. The highest BCUT2D eigenvalue weighted by Crippen LogP contribution is 2.26. The summed E-state index contributed by atoms with van der Waals surface area (Å²) in [6, 6.07) is 7.54. The average molecular weight is 504 g/mol. The van der Waals surface area contributed by atoms with Gasteiger partial charge in [-0.2, -0.15) is 0 Å². The predicted octanol–water partition coefficient (Wildman–Crippen LogP) is 3.49. The number of hydrogen-bond acceptors (Lipinski definition) is 7. The Bertz CT molecular complexity index is 1250. The van der Waals surface area contributed by atoms with Gasteiger partial charge in [-0.1, -0.05) is 31.0 Å². The zero-order valence-electron chi connectivity index (χ0n) is 18.4. The number of aromatic nitrogens is 2. The number of ketones is 1. The third-order valence-corrected chi connectivity index (χ3v) is 7.04. The fourth-order valence-corrected chi connectivity index (χ4v) is 5.08. The number of benzene rings is 1. The van der Waals surface area contributed by atoms with Crippen molar-refractivity contribution in [2.75, 3.05) is 18.8 Å². The van der Waals surface area contributed by atoms with E-state index in [9.17, 15) is 18.8 Å². The van der Waals surface area contributed by atoms with Gasteiger partial charge < -0.3 is 15.5 Å². The Morgan fingerprint density at radius 1 is 1.26 bits per heavy atom. The van der Waals surface area contributed by atoms with Crippen molar-refractivity contribution in [3.63, 3.8) is 0 Å². The van der Waals surface area contributed by atoms with Crippen LogP contribution in [0.5, 0.6) is 0 Å². The van der Waals surface area contributed by atoms with Crippen LogP contribution in [0.4, 0.5) is 10.2 Å². The summed E-state index contributed by atoms with van der Waals surface area (Å²) in [7, 11) is 0. The van der Waals surface area contributed by atoms with Crippen LogP contribution in [0.25, 0.3) is 10.9 Å². The second-order valence-electron chi connectivity index (χ2n) is 8.04. The average Bonchev–Trinajstić information content (AvgIpc) is 3.26. The minimum absolute atomic E-state index is 0.0728. The summed E-state index contributed by atoms with van der Waals surface area (Å²) in [6.45, 7) is 2.55. The number of nitrogens with zero attached hydrogens (tertiary/aromatic N) is 4. The molecule has 1 saturated heterocycles. The first-order chi connectivity index (χ1) is 16.3. The molecular formula is C23H23ClFN5O3S. The van der Waals surface area contributed by atoms with Crippen molar-refractivity contribution in [1.82, 2.24) is 19.8 Å². The summed E-state index contributed by atoms with van der Waals surface area (Å²) in [4.78, 5) is 49.7. The number of thiophene rings is 1.